The van der Waals surface area contributed by atoms with E-state index in [4.69, 9.17) is 14.6 Å². The maximum absolute atomic E-state index is 9.66. The van der Waals surface area contributed by atoms with Gasteiger partial charge in [0.05, 0.1) is 14.2 Å². The molecule has 1 aromatic carbocycles. The van der Waals surface area contributed by atoms with Crippen molar-refractivity contribution in [2.45, 2.75) is 12.8 Å². The zero-order chi connectivity index (χ0) is 11.4. The summed E-state index contributed by atoms with van der Waals surface area (Å²) in [5.41, 5.74) is 0.813. The van der Waals surface area contributed by atoms with Crippen LogP contribution >= 0.6 is 0 Å². The number of aromatic hydroxyl groups is 1. The molecule has 0 heterocycles. The lowest BCUT2D eigenvalue weighted by atomic mass is 10.0. The van der Waals surface area contributed by atoms with E-state index in [-0.39, 0.29) is 18.3 Å². The molecule has 0 aliphatic rings. The second kappa shape index (κ2) is 4.89. The van der Waals surface area contributed by atoms with E-state index in [1.165, 1.54) is 14.2 Å². The summed E-state index contributed by atoms with van der Waals surface area (Å²) in [4.78, 5) is 0. The van der Waals surface area contributed by atoms with Crippen molar-refractivity contribution < 1.29 is 19.7 Å². The van der Waals surface area contributed by atoms with E-state index in [1.807, 2.05) is 6.92 Å². The van der Waals surface area contributed by atoms with Gasteiger partial charge in [0.1, 0.15) is 0 Å². The summed E-state index contributed by atoms with van der Waals surface area (Å²) in [7, 11) is 2.97. The summed E-state index contributed by atoms with van der Waals surface area (Å²) in [5, 5.41) is 18.7. The summed E-state index contributed by atoms with van der Waals surface area (Å²) < 4.78 is 10.1. The molecule has 0 saturated carbocycles. The van der Waals surface area contributed by atoms with Crippen molar-refractivity contribution in [2.75, 3.05) is 20.8 Å². The molecule has 1 atom stereocenters. The Hall–Kier alpha value is -1.42. The van der Waals surface area contributed by atoms with Crippen LogP contribution in [0, 0.1) is 0 Å². The average molecular weight is 212 g/mol. The van der Waals surface area contributed by atoms with Crippen LogP contribution in [0.4, 0.5) is 0 Å². The van der Waals surface area contributed by atoms with Crippen LogP contribution < -0.4 is 9.47 Å². The van der Waals surface area contributed by atoms with Crippen LogP contribution in [0.5, 0.6) is 17.2 Å². The lowest BCUT2D eigenvalue weighted by Crippen LogP contribution is -2.00. The number of rotatable bonds is 4. The van der Waals surface area contributed by atoms with Crippen molar-refractivity contribution in [1.82, 2.24) is 0 Å². The zero-order valence-electron chi connectivity index (χ0n) is 9.15. The molecular weight excluding hydrogens is 196 g/mol. The molecule has 4 nitrogen and oxygen atoms in total. The van der Waals surface area contributed by atoms with Crippen LogP contribution in [0.15, 0.2) is 12.1 Å². The van der Waals surface area contributed by atoms with Gasteiger partial charge in [-0.2, -0.15) is 0 Å². The molecule has 0 aliphatic carbocycles. The van der Waals surface area contributed by atoms with E-state index in [9.17, 15) is 5.11 Å². The molecule has 0 saturated heterocycles. The number of ether oxygens (including phenoxy) is 2. The average Bonchev–Trinajstić information content (AvgIpc) is 2.26. The first-order valence-electron chi connectivity index (χ1n) is 4.69. The van der Waals surface area contributed by atoms with Gasteiger partial charge in [-0.25, -0.2) is 0 Å². The van der Waals surface area contributed by atoms with Gasteiger partial charge in [-0.05, 0) is 17.7 Å². The molecule has 0 spiro atoms. The lowest BCUT2D eigenvalue weighted by Gasteiger charge is -2.14. The first-order chi connectivity index (χ1) is 7.13. The summed E-state index contributed by atoms with van der Waals surface area (Å²) in [6, 6.07) is 3.32. The Labute approximate surface area is 89.1 Å². The van der Waals surface area contributed by atoms with Gasteiger partial charge in [0, 0.05) is 12.5 Å². The third kappa shape index (κ3) is 2.33. The van der Waals surface area contributed by atoms with Gasteiger partial charge in [0.25, 0.3) is 0 Å². The number of aliphatic hydroxyl groups excluding tert-OH is 1. The number of aliphatic hydroxyl groups is 1. The predicted molar refractivity (Wildman–Crippen MR) is 56.7 cm³/mol. The number of hydrogen-bond acceptors (Lipinski definition) is 4. The molecule has 0 bridgehead atoms. The highest BCUT2D eigenvalue weighted by molar-refractivity contribution is 5.53. The first-order valence-corrected chi connectivity index (χ1v) is 4.69. The molecule has 2 N–H and O–H groups in total. The van der Waals surface area contributed by atoms with Crippen LogP contribution in [0.1, 0.15) is 18.4 Å². The molecule has 0 radical (unpaired) electrons. The second-order valence-electron chi connectivity index (χ2n) is 3.36. The summed E-state index contributed by atoms with van der Waals surface area (Å²) >= 11 is 0. The lowest BCUT2D eigenvalue weighted by molar-refractivity contribution is 0.272. The third-order valence-corrected chi connectivity index (χ3v) is 2.32. The van der Waals surface area contributed by atoms with Crippen molar-refractivity contribution in [3.8, 4) is 17.2 Å². The van der Waals surface area contributed by atoms with Crippen molar-refractivity contribution >= 4 is 0 Å². The summed E-state index contributed by atoms with van der Waals surface area (Å²) in [6.45, 7) is 1.88. The molecule has 0 aliphatic heterocycles. The standard InChI is InChI=1S/C11H16O4/c1-7(6-12)8-4-9(13)11(15-3)10(5-8)14-2/h4-5,7,12-13H,6H2,1-3H3. The van der Waals surface area contributed by atoms with Crippen LogP contribution in [0.2, 0.25) is 0 Å². The van der Waals surface area contributed by atoms with E-state index in [0.717, 1.165) is 5.56 Å². The fourth-order valence-corrected chi connectivity index (χ4v) is 1.35. The van der Waals surface area contributed by atoms with E-state index in [0.29, 0.717) is 11.5 Å². The normalized spacial score (nSPS) is 12.3. The SMILES string of the molecule is COc1cc(C(C)CO)cc(O)c1OC. The van der Waals surface area contributed by atoms with Crippen LogP contribution in [-0.2, 0) is 0 Å². The number of phenols is 1. The Morgan fingerprint density at radius 2 is 1.93 bits per heavy atom. The van der Waals surface area contributed by atoms with Gasteiger partial charge in [-0.3, -0.25) is 0 Å². The van der Waals surface area contributed by atoms with Gasteiger partial charge in [0.15, 0.2) is 11.5 Å². The largest absolute Gasteiger partial charge is 0.504 e. The minimum absolute atomic E-state index is 0.0205. The molecule has 0 aromatic heterocycles. The molecule has 0 fully saturated rings. The first kappa shape index (κ1) is 11.7. The van der Waals surface area contributed by atoms with E-state index in [1.54, 1.807) is 12.1 Å². The minimum atomic E-state index is -0.0456. The molecule has 0 amide bonds. The van der Waals surface area contributed by atoms with Crippen molar-refractivity contribution in [2.24, 2.45) is 0 Å². The topological polar surface area (TPSA) is 58.9 Å². The monoisotopic (exact) mass is 212 g/mol. The van der Waals surface area contributed by atoms with Gasteiger partial charge in [0.2, 0.25) is 5.75 Å². The molecule has 1 unspecified atom stereocenters. The highest BCUT2D eigenvalue weighted by Crippen LogP contribution is 2.39. The zero-order valence-corrected chi connectivity index (χ0v) is 9.15. The minimum Gasteiger partial charge on any atom is -0.504 e. The van der Waals surface area contributed by atoms with Crippen LogP contribution in [0.3, 0.4) is 0 Å². The number of benzene rings is 1. The summed E-state index contributed by atoms with van der Waals surface area (Å²) in [5.74, 6) is 0.752. The Balaban J connectivity index is 3.19. The molecule has 4 heteroatoms. The maximum atomic E-state index is 9.66. The van der Waals surface area contributed by atoms with Gasteiger partial charge >= 0.3 is 0 Å². The Morgan fingerprint density at radius 3 is 2.40 bits per heavy atom. The van der Waals surface area contributed by atoms with Crippen LogP contribution in [0.25, 0.3) is 0 Å². The molecule has 15 heavy (non-hydrogen) atoms. The van der Waals surface area contributed by atoms with E-state index < -0.39 is 0 Å². The maximum Gasteiger partial charge on any atom is 0.203 e. The number of hydrogen-bond donors (Lipinski definition) is 2. The number of methoxy groups -OCH3 is 2. The Bertz CT molecular complexity index is 336. The van der Waals surface area contributed by atoms with Crippen molar-refractivity contribution in [3.63, 3.8) is 0 Å². The van der Waals surface area contributed by atoms with Gasteiger partial charge in [-0.1, -0.05) is 6.92 Å². The van der Waals surface area contributed by atoms with Gasteiger partial charge in [-0.15, -0.1) is 0 Å². The Kier molecular flexibility index (Phi) is 3.80. The molecule has 1 rings (SSSR count). The highest BCUT2D eigenvalue weighted by Gasteiger charge is 2.14. The van der Waals surface area contributed by atoms with Gasteiger partial charge < -0.3 is 19.7 Å². The predicted octanol–water partition coefficient (Wildman–Crippen LogP) is 1.51. The fraction of sp³-hybridized carbons (Fsp3) is 0.455. The summed E-state index contributed by atoms with van der Waals surface area (Å²) in [6.07, 6.45) is 0. The van der Waals surface area contributed by atoms with Crippen molar-refractivity contribution in [1.29, 1.82) is 0 Å². The molecular formula is C11H16O4. The highest BCUT2D eigenvalue weighted by atomic mass is 16.5. The van der Waals surface area contributed by atoms with E-state index in [2.05, 4.69) is 0 Å². The smallest absolute Gasteiger partial charge is 0.203 e. The number of phenolic OH excluding ortho intramolecular Hbond substituents is 1. The van der Waals surface area contributed by atoms with Crippen molar-refractivity contribution in [3.05, 3.63) is 17.7 Å². The molecule has 84 valence electrons. The second-order valence-corrected chi connectivity index (χ2v) is 3.36. The quantitative estimate of drug-likeness (QED) is 0.794. The molecule has 1 aromatic rings. The van der Waals surface area contributed by atoms with Crippen LogP contribution in [-0.4, -0.2) is 31.0 Å². The van der Waals surface area contributed by atoms with E-state index >= 15 is 0 Å². The fourth-order valence-electron chi connectivity index (χ4n) is 1.35. The Morgan fingerprint density at radius 1 is 1.27 bits per heavy atom. The third-order valence-electron chi connectivity index (χ3n) is 2.32.